The Bertz CT molecular complexity index is 906. The van der Waals surface area contributed by atoms with Gasteiger partial charge in [-0.05, 0) is 43.0 Å². The number of nitrogens with zero attached hydrogens (tertiary/aromatic N) is 1. The third-order valence-corrected chi connectivity index (χ3v) is 5.32. The van der Waals surface area contributed by atoms with Gasteiger partial charge >= 0.3 is 5.97 Å². The van der Waals surface area contributed by atoms with Gasteiger partial charge < -0.3 is 15.0 Å². The van der Waals surface area contributed by atoms with Crippen LogP contribution in [0.25, 0.3) is 0 Å². The van der Waals surface area contributed by atoms with Crippen LogP contribution in [0.4, 0.5) is 11.4 Å². The molecule has 0 radical (unpaired) electrons. The first-order valence-corrected chi connectivity index (χ1v) is 9.51. The molecule has 2 amide bonds. The molecule has 2 aromatic rings. The maximum atomic E-state index is 12.5. The standard InChI is InChI=1S/C22H22N2O4/c25-19(15-28-21(27)22(11-12-22)16-6-2-1-3-7-16)23-17-8-4-9-18(14-17)24-13-5-10-20(24)26/h1-4,6-9,14H,5,10-13,15H2,(H,23,25). The number of rotatable bonds is 6. The number of benzene rings is 2. The number of hydrogen-bond acceptors (Lipinski definition) is 4. The lowest BCUT2D eigenvalue weighted by molar-refractivity contribution is -0.150. The lowest BCUT2D eigenvalue weighted by atomic mass is 9.96. The molecule has 6 heteroatoms. The number of ether oxygens (including phenoxy) is 1. The van der Waals surface area contributed by atoms with E-state index in [0.29, 0.717) is 18.7 Å². The number of anilines is 2. The molecular weight excluding hydrogens is 356 g/mol. The summed E-state index contributed by atoms with van der Waals surface area (Å²) in [6.45, 7) is 0.357. The Morgan fingerprint density at radius 3 is 2.54 bits per heavy atom. The third kappa shape index (κ3) is 3.63. The lowest BCUT2D eigenvalue weighted by Gasteiger charge is -2.17. The fourth-order valence-electron chi connectivity index (χ4n) is 3.63. The summed E-state index contributed by atoms with van der Waals surface area (Å²) in [5, 5.41) is 2.73. The molecule has 0 aromatic heterocycles. The van der Waals surface area contributed by atoms with Gasteiger partial charge in [0.15, 0.2) is 6.61 Å². The maximum absolute atomic E-state index is 12.5. The lowest BCUT2D eigenvalue weighted by Crippen LogP contribution is -2.28. The molecule has 1 aliphatic carbocycles. The van der Waals surface area contributed by atoms with Crippen LogP contribution in [0.1, 0.15) is 31.2 Å². The van der Waals surface area contributed by atoms with Crippen LogP contribution in [-0.4, -0.2) is 30.9 Å². The molecule has 0 atom stereocenters. The second-order valence-corrected chi connectivity index (χ2v) is 7.27. The summed E-state index contributed by atoms with van der Waals surface area (Å²) < 4.78 is 5.29. The molecule has 2 fully saturated rings. The second kappa shape index (κ2) is 7.46. The Balaban J connectivity index is 1.34. The number of esters is 1. The number of hydrogen-bond donors (Lipinski definition) is 1. The van der Waals surface area contributed by atoms with Crippen molar-refractivity contribution in [2.45, 2.75) is 31.1 Å². The first-order valence-electron chi connectivity index (χ1n) is 9.51. The van der Waals surface area contributed by atoms with Crippen LogP contribution in [0.5, 0.6) is 0 Å². The minimum absolute atomic E-state index is 0.0908. The molecule has 0 spiro atoms. The van der Waals surface area contributed by atoms with Crippen LogP contribution in [0.3, 0.4) is 0 Å². The van der Waals surface area contributed by atoms with Crippen molar-refractivity contribution in [2.24, 2.45) is 0 Å². The van der Waals surface area contributed by atoms with Crippen molar-refractivity contribution in [1.29, 1.82) is 0 Å². The summed E-state index contributed by atoms with van der Waals surface area (Å²) >= 11 is 0. The van der Waals surface area contributed by atoms with E-state index in [2.05, 4.69) is 5.32 Å². The molecule has 2 aromatic carbocycles. The minimum atomic E-state index is -0.600. The quantitative estimate of drug-likeness (QED) is 0.784. The monoisotopic (exact) mass is 378 g/mol. The van der Waals surface area contributed by atoms with Crippen molar-refractivity contribution in [1.82, 2.24) is 0 Å². The van der Waals surface area contributed by atoms with Crippen LogP contribution in [0, 0.1) is 0 Å². The molecule has 0 bridgehead atoms. The normalized spacial score (nSPS) is 17.3. The van der Waals surface area contributed by atoms with Gasteiger partial charge in [0.25, 0.3) is 5.91 Å². The van der Waals surface area contributed by atoms with Crippen LogP contribution >= 0.6 is 0 Å². The van der Waals surface area contributed by atoms with E-state index in [0.717, 1.165) is 30.5 Å². The number of amides is 2. The van der Waals surface area contributed by atoms with E-state index in [4.69, 9.17) is 4.74 Å². The van der Waals surface area contributed by atoms with Crippen molar-refractivity contribution in [3.8, 4) is 0 Å². The Morgan fingerprint density at radius 2 is 1.86 bits per heavy atom. The SMILES string of the molecule is O=C(COC(=O)C1(c2ccccc2)CC1)Nc1cccc(N2CCCC2=O)c1. The Labute approximate surface area is 163 Å². The highest BCUT2D eigenvalue weighted by atomic mass is 16.5. The van der Waals surface area contributed by atoms with E-state index in [-0.39, 0.29) is 18.5 Å². The Kier molecular flexibility index (Phi) is 4.86. The smallest absolute Gasteiger partial charge is 0.317 e. The molecule has 4 rings (SSSR count). The van der Waals surface area contributed by atoms with Crippen molar-refractivity contribution in [3.63, 3.8) is 0 Å². The number of nitrogens with one attached hydrogen (secondary N) is 1. The van der Waals surface area contributed by atoms with E-state index in [9.17, 15) is 14.4 Å². The van der Waals surface area contributed by atoms with Gasteiger partial charge in [0.05, 0.1) is 5.41 Å². The highest BCUT2D eigenvalue weighted by Gasteiger charge is 2.52. The molecule has 28 heavy (non-hydrogen) atoms. The van der Waals surface area contributed by atoms with Gasteiger partial charge in [-0.2, -0.15) is 0 Å². The van der Waals surface area contributed by atoms with Gasteiger partial charge in [-0.1, -0.05) is 36.4 Å². The predicted octanol–water partition coefficient (Wildman–Crippen LogP) is 3.03. The van der Waals surface area contributed by atoms with Gasteiger partial charge in [0.2, 0.25) is 5.91 Å². The van der Waals surface area contributed by atoms with E-state index < -0.39 is 11.3 Å². The molecule has 0 unspecified atom stereocenters. The van der Waals surface area contributed by atoms with Crippen molar-refractivity contribution in [3.05, 3.63) is 60.2 Å². The third-order valence-electron chi connectivity index (χ3n) is 5.32. The zero-order chi connectivity index (χ0) is 19.6. The average Bonchev–Trinajstić information content (AvgIpc) is 3.42. The first kappa shape index (κ1) is 18.2. The molecule has 144 valence electrons. The predicted molar refractivity (Wildman–Crippen MR) is 105 cm³/mol. The molecular formula is C22H22N2O4. The van der Waals surface area contributed by atoms with Crippen molar-refractivity contribution >= 4 is 29.2 Å². The molecule has 2 aliphatic rings. The number of carbonyl (C=O) groups excluding carboxylic acids is 3. The summed E-state index contributed by atoms with van der Waals surface area (Å²) in [6.07, 6.45) is 2.87. The van der Waals surface area contributed by atoms with Crippen molar-refractivity contribution in [2.75, 3.05) is 23.4 Å². The van der Waals surface area contributed by atoms with E-state index in [1.165, 1.54) is 0 Å². The summed E-state index contributed by atoms with van der Waals surface area (Å²) in [5.74, 6) is -0.666. The summed E-state index contributed by atoms with van der Waals surface area (Å²) in [5.41, 5.74) is 1.67. The highest BCUT2D eigenvalue weighted by Crippen LogP contribution is 2.49. The van der Waals surface area contributed by atoms with Crippen LogP contribution in [0.15, 0.2) is 54.6 Å². The van der Waals surface area contributed by atoms with Gasteiger partial charge in [-0.15, -0.1) is 0 Å². The topological polar surface area (TPSA) is 75.7 Å². The van der Waals surface area contributed by atoms with Gasteiger partial charge in [0, 0.05) is 24.3 Å². The maximum Gasteiger partial charge on any atom is 0.317 e. The average molecular weight is 378 g/mol. The van der Waals surface area contributed by atoms with Gasteiger partial charge in [-0.3, -0.25) is 14.4 Å². The van der Waals surface area contributed by atoms with E-state index in [1.807, 2.05) is 36.4 Å². The fourth-order valence-corrected chi connectivity index (χ4v) is 3.63. The molecule has 1 N–H and O–H groups in total. The zero-order valence-corrected chi connectivity index (χ0v) is 15.5. The molecule has 1 aliphatic heterocycles. The Morgan fingerprint density at radius 1 is 1.07 bits per heavy atom. The summed E-state index contributed by atoms with van der Waals surface area (Å²) in [4.78, 5) is 38.3. The zero-order valence-electron chi connectivity index (χ0n) is 15.5. The highest BCUT2D eigenvalue weighted by molar-refractivity contribution is 5.98. The second-order valence-electron chi connectivity index (χ2n) is 7.27. The fraction of sp³-hybridized carbons (Fsp3) is 0.318. The molecule has 6 nitrogen and oxygen atoms in total. The summed E-state index contributed by atoms with van der Waals surface area (Å²) in [7, 11) is 0. The van der Waals surface area contributed by atoms with E-state index >= 15 is 0 Å². The van der Waals surface area contributed by atoms with Gasteiger partial charge in [0.1, 0.15) is 0 Å². The minimum Gasteiger partial charge on any atom is -0.455 e. The summed E-state index contributed by atoms with van der Waals surface area (Å²) in [6, 6.07) is 16.7. The van der Waals surface area contributed by atoms with Crippen LogP contribution in [-0.2, 0) is 24.5 Å². The van der Waals surface area contributed by atoms with E-state index in [1.54, 1.807) is 23.1 Å². The van der Waals surface area contributed by atoms with Crippen molar-refractivity contribution < 1.29 is 19.1 Å². The molecule has 1 heterocycles. The Hall–Kier alpha value is -3.15. The molecule has 1 saturated carbocycles. The van der Waals surface area contributed by atoms with Crippen LogP contribution in [0.2, 0.25) is 0 Å². The number of carbonyl (C=O) groups is 3. The molecule has 1 saturated heterocycles. The largest absolute Gasteiger partial charge is 0.455 e. The van der Waals surface area contributed by atoms with Gasteiger partial charge in [-0.25, -0.2) is 0 Å². The van der Waals surface area contributed by atoms with Crippen LogP contribution < -0.4 is 10.2 Å². The first-order chi connectivity index (χ1) is 13.6.